The van der Waals surface area contributed by atoms with Crippen molar-refractivity contribution < 1.29 is 0 Å². The minimum Gasteiger partial charge on any atom is -0.259 e. The van der Waals surface area contributed by atoms with Gasteiger partial charge in [0, 0.05) is 6.20 Å². The van der Waals surface area contributed by atoms with Gasteiger partial charge in [-0.1, -0.05) is 32.4 Å². The highest BCUT2D eigenvalue weighted by Gasteiger charge is 2.03. The molecule has 0 fully saturated rings. The number of aromatic nitrogens is 1. The fraction of sp³-hybridized carbons (Fsp3) is 0.500. The van der Waals surface area contributed by atoms with E-state index in [4.69, 9.17) is 11.6 Å². The van der Waals surface area contributed by atoms with Crippen LogP contribution in [0.3, 0.4) is 0 Å². The second-order valence-corrected chi connectivity index (χ2v) is 3.61. The van der Waals surface area contributed by atoms with E-state index in [2.05, 4.69) is 25.8 Å². The quantitative estimate of drug-likeness (QED) is 0.685. The largest absolute Gasteiger partial charge is 0.259 e. The number of pyridine rings is 1. The fourth-order valence-electron chi connectivity index (χ4n) is 1.06. The van der Waals surface area contributed by atoms with Crippen LogP contribution in [0, 0.1) is 0 Å². The van der Waals surface area contributed by atoms with E-state index < -0.39 is 0 Å². The van der Waals surface area contributed by atoms with Crippen LogP contribution < -0.4 is 0 Å². The van der Waals surface area contributed by atoms with Gasteiger partial charge in [-0.05, 0) is 24.0 Å². The third-order valence-corrected chi connectivity index (χ3v) is 2.27. The van der Waals surface area contributed by atoms with E-state index in [1.807, 2.05) is 12.3 Å². The topological polar surface area (TPSA) is 12.9 Å². The Balaban J connectivity index is 3.02. The van der Waals surface area contributed by atoms with E-state index in [1.54, 1.807) is 0 Å². The molecule has 1 aromatic heterocycles. The summed E-state index contributed by atoms with van der Waals surface area (Å²) in [5, 5.41) is 0.795. The molecule has 0 N–H and O–H groups in total. The van der Waals surface area contributed by atoms with E-state index in [0.717, 1.165) is 17.1 Å². The summed E-state index contributed by atoms with van der Waals surface area (Å²) in [6.07, 6.45) is 2.81. The predicted octanol–water partition coefficient (Wildman–Crippen LogP) is 3.42. The third kappa shape index (κ3) is 1.98. The van der Waals surface area contributed by atoms with Gasteiger partial charge in [-0.25, -0.2) is 0 Å². The monoisotopic (exact) mass is 183 g/mol. The van der Waals surface area contributed by atoms with Crippen molar-refractivity contribution in [1.82, 2.24) is 4.98 Å². The zero-order valence-electron chi connectivity index (χ0n) is 7.76. The van der Waals surface area contributed by atoms with Crippen molar-refractivity contribution >= 4 is 11.6 Å². The summed E-state index contributed by atoms with van der Waals surface area (Å²) in [6.45, 7) is 6.33. The number of nitrogens with zero attached hydrogens (tertiary/aromatic N) is 1. The summed E-state index contributed by atoms with van der Waals surface area (Å²) in [7, 11) is 0. The predicted molar refractivity (Wildman–Crippen MR) is 52.7 cm³/mol. The van der Waals surface area contributed by atoms with Gasteiger partial charge in [0.25, 0.3) is 0 Å². The van der Waals surface area contributed by atoms with Gasteiger partial charge in [-0.3, -0.25) is 4.98 Å². The maximum atomic E-state index is 6.01. The minimum atomic E-state index is 0.501. The van der Waals surface area contributed by atoms with Gasteiger partial charge in [0.15, 0.2) is 0 Å². The van der Waals surface area contributed by atoms with Crippen LogP contribution in [0.5, 0.6) is 0 Å². The average Bonchev–Trinajstić information content (AvgIpc) is 2.04. The summed E-state index contributed by atoms with van der Waals surface area (Å²) in [5.74, 6) is 0.501. The molecule has 0 aliphatic heterocycles. The Morgan fingerprint density at radius 1 is 1.50 bits per heavy atom. The Morgan fingerprint density at radius 2 is 2.17 bits per heavy atom. The van der Waals surface area contributed by atoms with Gasteiger partial charge in [0.05, 0.1) is 10.7 Å². The zero-order chi connectivity index (χ0) is 9.14. The molecule has 2 heteroatoms. The lowest BCUT2D eigenvalue weighted by molar-refractivity contribution is 0.851. The molecular weight excluding hydrogens is 170 g/mol. The molecule has 12 heavy (non-hydrogen) atoms. The molecule has 0 aliphatic carbocycles. The zero-order valence-corrected chi connectivity index (χ0v) is 8.52. The number of hydrogen-bond donors (Lipinski definition) is 0. The van der Waals surface area contributed by atoms with E-state index in [1.165, 1.54) is 5.56 Å². The highest BCUT2D eigenvalue weighted by Crippen LogP contribution is 2.20. The summed E-state index contributed by atoms with van der Waals surface area (Å²) < 4.78 is 0. The van der Waals surface area contributed by atoms with Crippen molar-refractivity contribution in [2.45, 2.75) is 33.1 Å². The van der Waals surface area contributed by atoms with Crippen LogP contribution in [-0.4, -0.2) is 4.98 Å². The Hall–Kier alpha value is -0.560. The van der Waals surface area contributed by atoms with Gasteiger partial charge in [0.2, 0.25) is 0 Å². The van der Waals surface area contributed by atoms with E-state index in [9.17, 15) is 0 Å². The number of halogens is 1. The maximum Gasteiger partial charge on any atom is 0.0624 e. The van der Waals surface area contributed by atoms with Crippen molar-refractivity contribution in [1.29, 1.82) is 0 Å². The van der Waals surface area contributed by atoms with Crippen molar-refractivity contribution in [3.8, 4) is 0 Å². The Bertz CT molecular complexity index is 269. The lowest BCUT2D eigenvalue weighted by atomic mass is 10.1. The molecule has 0 radical (unpaired) electrons. The van der Waals surface area contributed by atoms with E-state index in [0.29, 0.717) is 5.92 Å². The average molecular weight is 184 g/mol. The second kappa shape index (κ2) is 3.90. The van der Waals surface area contributed by atoms with Crippen LogP contribution in [0.15, 0.2) is 12.3 Å². The molecule has 0 unspecified atom stereocenters. The molecule has 0 bridgehead atoms. The van der Waals surface area contributed by atoms with E-state index in [-0.39, 0.29) is 0 Å². The van der Waals surface area contributed by atoms with Crippen LogP contribution in [0.25, 0.3) is 0 Å². The molecule has 0 saturated carbocycles. The first-order valence-electron chi connectivity index (χ1n) is 4.29. The molecule has 0 atom stereocenters. The normalized spacial score (nSPS) is 10.8. The Kier molecular flexibility index (Phi) is 3.10. The molecule has 1 heterocycles. The first kappa shape index (κ1) is 9.53. The van der Waals surface area contributed by atoms with Gasteiger partial charge in [-0.15, -0.1) is 0 Å². The molecule has 1 rings (SSSR count). The molecule has 0 saturated heterocycles. The highest BCUT2D eigenvalue weighted by molar-refractivity contribution is 6.31. The van der Waals surface area contributed by atoms with Crippen LogP contribution in [-0.2, 0) is 6.42 Å². The van der Waals surface area contributed by atoms with Crippen LogP contribution >= 0.6 is 11.6 Å². The lowest BCUT2D eigenvalue weighted by Crippen LogP contribution is -1.93. The van der Waals surface area contributed by atoms with Crippen LogP contribution in [0.4, 0.5) is 0 Å². The van der Waals surface area contributed by atoms with Crippen LogP contribution in [0.2, 0.25) is 5.02 Å². The summed E-state index contributed by atoms with van der Waals surface area (Å²) in [4.78, 5) is 4.29. The molecule has 1 aromatic rings. The first-order valence-corrected chi connectivity index (χ1v) is 4.67. The van der Waals surface area contributed by atoms with Crippen molar-refractivity contribution in [3.05, 3.63) is 28.5 Å². The summed E-state index contributed by atoms with van der Waals surface area (Å²) in [5.41, 5.74) is 2.19. The smallest absolute Gasteiger partial charge is 0.0624 e. The standard InChI is InChI=1S/C10H14ClN/c1-4-10-9(11)5-8(6-12-10)7(2)3/h5-7H,4H2,1-3H3. The van der Waals surface area contributed by atoms with Gasteiger partial charge in [0.1, 0.15) is 0 Å². The third-order valence-electron chi connectivity index (χ3n) is 1.94. The van der Waals surface area contributed by atoms with E-state index >= 15 is 0 Å². The molecular formula is C10H14ClN. The molecule has 1 nitrogen and oxygen atoms in total. The van der Waals surface area contributed by atoms with Crippen molar-refractivity contribution in [2.24, 2.45) is 0 Å². The van der Waals surface area contributed by atoms with Crippen molar-refractivity contribution in [3.63, 3.8) is 0 Å². The maximum absolute atomic E-state index is 6.01. The number of aryl methyl sites for hydroxylation is 1. The van der Waals surface area contributed by atoms with Crippen LogP contribution in [0.1, 0.15) is 37.9 Å². The lowest BCUT2D eigenvalue weighted by Gasteiger charge is -2.06. The Labute approximate surface area is 78.8 Å². The molecule has 66 valence electrons. The van der Waals surface area contributed by atoms with Gasteiger partial charge >= 0.3 is 0 Å². The fourth-order valence-corrected chi connectivity index (χ4v) is 1.37. The second-order valence-electron chi connectivity index (χ2n) is 3.21. The Morgan fingerprint density at radius 3 is 2.58 bits per heavy atom. The number of rotatable bonds is 2. The first-order chi connectivity index (χ1) is 5.65. The summed E-state index contributed by atoms with van der Waals surface area (Å²) >= 11 is 6.01. The summed E-state index contributed by atoms with van der Waals surface area (Å²) in [6, 6.07) is 2.01. The molecule has 0 amide bonds. The SMILES string of the molecule is CCc1ncc(C(C)C)cc1Cl. The van der Waals surface area contributed by atoms with Crippen molar-refractivity contribution in [2.75, 3.05) is 0 Å². The number of hydrogen-bond acceptors (Lipinski definition) is 1. The van der Waals surface area contributed by atoms with Gasteiger partial charge in [-0.2, -0.15) is 0 Å². The molecule has 0 spiro atoms. The minimum absolute atomic E-state index is 0.501. The molecule has 0 aromatic carbocycles. The highest BCUT2D eigenvalue weighted by atomic mass is 35.5. The van der Waals surface area contributed by atoms with Gasteiger partial charge < -0.3 is 0 Å². The molecule has 0 aliphatic rings.